The Balaban J connectivity index is 1.73. The molecule has 1 saturated heterocycles. The number of nitrogens with zero attached hydrogens (tertiary/aromatic N) is 2. The van der Waals surface area contributed by atoms with E-state index in [4.69, 9.17) is 0 Å². The van der Waals surface area contributed by atoms with E-state index in [1.165, 1.54) is 5.56 Å². The smallest absolute Gasteiger partial charge is 0.307 e. The van der Waals surface area contributed by atoms with E-state index in [0.717, 1.165) is 19.4 Å². The van der Waals surface area contributed by atoms with Gasteiger partial charge >= 0.3 is 5.97 Å². The van der Waals surface area contributed by atoms with Crippen molar-refractivity contribution in [3.8, 4) is 0 Å². The van der Waals surface area contributed by atoms with Crippen LogP contribution < -0.4 is 5.32 Å². The third kappa shape index (κ3) is 5.41. The summed E-state index contributed by atoms with van der Waals surface area (Å²) in [5.74, 6) is -1.39. The van der Waals surface area contributed by atoms with Gasteiger partial charge in [-0.2, -0.15) is 0 Å². The molecule has 1 radical (unpaired) electrons. The quantitative estimate of drug-likeness (QED) is 0.818. The van der Waals surface area contributed by atoms with Gasteiger partial charge in [0.1, 0.15) is 0 Å². The highest BCUT2D eigenvalue weighted by Gasteiger charge is 2.33. The highest BCUT2D eigenvalue weighted by atomic mass is 16.4. The van der Waals surface area contributed by atoms with Gasteiger partial charge in [0.2, 0.25) is 0 Å². The van der Waals surface area contributed by atoms with Crippen LogP contribution >= 0.6 is 0 Å². The Kier molecular flexibility index (Phi) is 6.60. The molecular formula is C22H25N2O3. The number of hydrogen-bond acceptors (Lipinski definition) is 3. The average Bonchev–Trinajstić information content (AvgIpc) is 2.70. The van der Waals surface area contributed by atoms with Crippen molar-refractivity contribution in [2.24, 2.45) is 5.92 Å². The highest BCUT2D eigenvalue weighted by Crippen LogP contribution is 2.22. The lowest BCUT2D eigenvalue weighted by Crippen LogP contribution is -2.50. The van der Waals surface area contributed by atoms with Gasteiger partial charge in [-0.05, 0) is 49.9 Å². The van der Waals surface area contributed by atoms with Crippen LogP contribution in [-0.4, -0.2) is 41.0 Å². The number of aliphatic carboxylic acids is 1. The van der Waals surface area contributed by atoms with Crippen LogP contribution in [0.25, 0.3) is 0 Å². The lowest BCUT2D eigenvalue weighted by molar-refractivity contribution is -0.145. The van der Waals surface area contributed by atoms with Gasteiger partial charge in [0.05, 0.1) is 17.6 Å². The Morgan fingerprint density at radius 3 is 2.41 bits per heavy atom. The van der Waals surface area contributed by atoms with E-state index < -0.39 is 17.9 Å². The van der Waals surface area contributed by atoms with Crippen LogP contribution in [0, 0.1) is 5.92 Å². The van der Waals surface area contributed by atoms with Crippen molar-refractivity contribution in [2.45, 2.75) is 31.7 Å². The molecule has 3 rings (SSSR count). The molecule has 5 heteroatoms. The fourth-order valence-corrected chi connectivity index (χ4v) is 3.61. The normalized spacial score (nSPS) is 18.6. The van der Waals surface area contributed by atoms with E-state index in [1.807, 2.05) is 65.6 Å². The standard InChI is InChI=1S/C22H25N2O3/c25-21(23-19-11-5-2-6-12-19)20(14-13-17-8-3-1-4-9-17)24-15-7-10-18(16-24)22(26)27/h1-6,8-9,11-12,18,20H,7,10,13-16H2,(H,26,27). The topological polar surface area (TPSA) is 71.7 Å². The summed E-state index contributed by atoms with van der Waals surface area (Å²) in [5.41, 5.74) is 1.81. The third-order valence-corrected chi connectivity index (χ3v) is 5.07. The summed E-state index contributed by atoms with van der Waals surface area (Å²) in [5, 5.41) is 13.7. The summed E-state index contributed by atoms with van der Waals surface area (Å²) < 4.78 is 0. The molecule has 5 nitrogen and oxygen atoms in total. The molecule has 0 aromatic heterocycles. The number of carboxylic acid groups (broad SMARTS) is 1. The van der Waals surface area contributed by atoms with Crippen LogP contribution in [0.15, 0.2) is 60.7 Å². The maximum absolute atomic E-state index is 13.0. The first-order valence-corrected chi connectivity index (χ1v) is 9.45. The van der Waals surface area contributed by atoms with Crippen LogP contribution in [0.4, 0.5) is 5.69 Å². The van der Waals surface area contributed by atoms with Gasteiger partial charge in [-0.15, -0.1) is 0 Å². The van der Waals surface area contributed by atoms with Crippen molar-refractivity contribution in [1.29, 1.82) is 0 Å². The SMILES string of the molecule is O=C(O)C1CCCN(C(CCc2ccccc2)C(=O)[N]c2ccccc2)C1. The molecule has 0 saturated carbocycles. The average molecular weight is 365 g/mol. The van der Waals surface area contributed by atoms with Crippen LogP contribution in [0.3, 0.4) is 0 Å². The van der Waals surface area contributed by atoms with Crippen molar-refractivity contribution in [2.75, 3.05) is 13.1 Å². The Hall–Kier alpha value is -2.66. The molecule has 1 amide bonds. The minimum absolute atomic E-state index is 0.192. The Morgan fingerprint density at radius 1 is 1.07 bits per heavy atom. The molecule has 1 heterocycles. The number of rotatable bonds is 7. The maximum atomic E-state index is 13.0. The summed E-state index contributed by atoms with van der Waals surface area (Å²) in [7, 11) is 0. The van der Waals surface area contributed by atoms with Crippen LogP contribution in [-0.2, 0) is 16.0 Å². The minimum atomic E-state index is -0.783. The molecule has 27 heavy (non-hydrogen) atoms. The van der Waals surface area contributed by atoms with Crippen molar-refractivity contribution in [3.05, 3.63) is 66.2 Å². The van der Waals surface area contributed by atoms with Gasteiger partial charge in [-0.3, -0.25) is 14.5 Å². The minimum Gasteiger partial charge on any atom is -0.481 e. The van der Waals surface area contributed by atoms with Gasteiger partial charge in [0.25, 0.3) is 5.91 Å². The zero-order valence-corrected chi connectivity index (χ0v) is 15.3. The van der Waals surface area contributed by atoms with Gasteiger partial charge < -0.3 is 5.11 Å². The molecule has 0 bridgehead atoms. The maximum Gasteiger partial charge on any atom is 0.307 e. The monoisotopic (exact) mass is 365 g/mol. The van der Waals surface area contributed by atoms with Gasteiger partial charge in [-0.25, -0.2) is 5.32 Å². The van der Waals surface area contributed by atoms with E-state index >= 15 is 0 Å². The molecule has 1 aliphatic heterocycles. The lowest BCUT2D eigenvalue weighted by atomic mass is 9.94. The molecule has 2 atom stereocenters. The van der Waals surface area contributed by atoms with Gasteiger partial charge in [0, 0.05) is 6.54 Å². The molecule has 2 aromatic rings. The second kappa shape index (κ2) is 9.33. The second-order valence-electron chi connectivity index (χ2n) is 7.00. The fourth-order valence-electron chi connectivity index (χ4n) is 3.61. The zero-order valence-electron chi connectivity index (χ0n) is 15.3. The Bertz CT molecular complexity index is 749. The van der Waals surface area contributed by atoms with E-state index in [-0.39, 0.29) is 5.91 Å². The molecule has 0 spiro atoms. The number of carbonyl (C=O) groups excluding carboxylic acids is 1. The number of amides is 1. The fraction of sp³-hybridized carbons (Fsp3) is 0.364. The Morgan fingerprint density at radius 2 is 1.74 bits per heavy atom. The van der Waals surface area contributed by atoms with E-state index in [2.05, 4.69) is 5.32 Å². The van der Waals surface area contributed by atoms with Crippen molar-refractivity contribution in [1.82, 2.24) is 10.2 Å². The third-order valence-electron chi connectivity index (χ3n) is 5.07. The highest BCUT2D eigenvalue weighted by molar-refractivity contribution is 5.85. The molecule has 141 valence electrons. The van der Waals surface area contributed by atoms with Crippen LogP contribution in [0.5, 0.6) is 0 Å². The largest absolute Gasteiger partial charge is 0.481 e. The summed E-state index contributed by atoms with van der Waals surface area (Å²) in [6, 6.07) is 18.9. The molecule has 1 fully saturated rings. The van der Waals surface area contributed by atoms with E-state index in [9.17, 15) is 14.7 Å². The van der Waals surface area contributed by atoms with Crippen molar-refractivity contribution >= 4 is 17.6 Å². The summed E-state index contributed by atoms with van der Waals surface area (Å²) in [6.45, 7) is 1.14. The molecule has 1 N–H and O–H groups in total. The van der Waals surface area contributed by atoms with Gasteiger partial charge in [0.15, 0.2) is 0 Å². The lowest BCUT2D eigenvalue weighted by Gasteiger charge is -2.36. The summed E-state index contributed by atoms with van der Waals surface area (Å²) in [6.07, 6.45) is 2.85. The van der Waals surface area contributed by atoms with E-state index in [0.29, 0.717) is 25.1 Å². The molecule has 1 aliphatic rings. The number of hydrogen-bond donors (Lipinski definition) is 1. The first-order chi connectivity index (χ1) is 13.1. The summed E-state index contributed by atoms with van der Waals surface area (Å²) in [4.78, 5) is 26.4. The molecule has 2 aromatic carbocycles. The van der Waals surface area contributed by atoms with Crippen molar-refractivity contribution in [3.63, 3.8) is 0 Å². The number of carbonyl (C=O) groups is 2. The number of benzene rings is 2. The predicted molar refractivity (Wildman–Crippen MR) is 104 cm³/mol. The number of carboxylic acids is 1. The Labute approximate surface area is 160 Å². The predicted octanol–water partition coefficient (Wildman–Crippen LogP) is 3.25. The number of piperidine rings is 1. The molecular weight excluding hydrogens is 340 g/mol. The number of aryl methyl sites for hydroxylation is 1. The second-order valence-corrected chi connectivity index (χ2v) is 7.00. The van der Waals surface area contributed by atoms with E-state index in [1.54, 1.807) is 0 Å². The number of likely N-dealkylation sites (tertiary alicyclic amines) is 1. The first kappa shape index (κ1) is 19.1. The van der Waals surface area contributed by atoms with Crippen molar-refractivity contribution < 1.29 is 14.7 Å². The summed E-state index contributed by atoms with van der Waals surface area (Å²) >= 11 is 0. The van der Waals surface area contributed by atoms with Crippen LogP contribution in [0.2, 0.25) is 0 Å². The zero-order chi connectivity index (χ0) is 19.1. The number of para-hydroxylation sites is 1. The first-order valence-electron chi connectivity index (χ1n) is 9.45. The van der Waals surface area contributed by atoms with Gasteiger partial charge in [-0.1, -0.05) is 48.5 Å². The molecule has 0 aliphatic carbocycles. The van der Waals surface area contributed by atoms with Crippen LogP contribution in [0.1, 0.15) is 24.8 Å². The molecule has 2 unspecified atom stereocenters.